The van der Waals surface area contributed by atoms with E-state index >= 15 is 0 Å². The Balaban J connectivity index is 2.40. The lowest BCUT2D eigenvalue weighted by molar-refractivity contribution is -0.137. The van der Waals surface area contributed by atoms with Crippen LogP contribution >= 0.6 is 35.0 Å². The van der Waals surface area contributed by atoms with Crippen LogP contribution in [0.1, 0.15) is 6.42 Å². The Hall–Kier alpha value is -0.470. The third-order valence-electron chi connectivity index (χ3n) is 3.06. The molecule has 1 N–H and O–H groups in total. The summed E-state index contributed by atoms with van der Waals surface area (Å²) in [5, 5.41) is 9.28. The summed E-state index contributed by atoms with van der Waals surface area (Å²) >= 11 is 13.3. The maximum atomic E-state index is 12.7. The van der Waals surface area contributed by atoms with Crippen LogP contribution in [0.25, 0.3) is 0 Å². The molecule has 116 valence electrons. The van der Waals surface area contributed by atoms with Crippen molar-refractivity contribution < 1.29 is 18.3 Å². The summed E-state index contributed by atoms with van der Waals surface area (Å²) in [7, 11) is -3.87. The van der Waals surface area contributed by atoms with E-state index in [1.165, 1.54) is 34.3 Å². The fourth-order valence-corrected chi connectivity index (χ4v) is 5.75. The zero-order valence-electron chi connectivity index (χ0n) is 10.8. The molecule has 2 rings (SSSR count). The van der Waals surface area contributed by atoms with E-state index in [-0.39, 0.29) is 27.9 Å². The van der Waals surface area contributed by atoms with Crippen molar-refractivity contribution in [2.24, 2.45) is 0 Å². The fraction of sp³-hybridized carbons (Fsp3) is 0.417. The van der Waals surface area contributed by atoms with E-state index in [1.54, 1.807) is 0 Å². The van der Waals surface area contributed by atoms with Gasteiger partial charge in [0.25, 0.3) is 0 Å². The molecular weight excluding hydrogens is 357 g/mol. The minimum absolute atomic E-state index is 0.0756. The zero-order valence-corrected chi connectivity index (χ0v) is 14.0. The molecule has 9 heteroatoms. The third-order valence-corrected chi connectivity index (χ3v) is 6.82. The van der Waals surface area contributed by atoms with Gasteiger partial charge in [-0.25, -0.2) is 8.42 Å². The first kappa shape index (κ1) is 16.9. The van der Waals surface area contributed by atoms with Crippen molar-refractivity contribution in [1.82, 2.24) is 4.31 Å². The molecule has 0 radical (unpaired) electrons. The molecule has 1 fully saturated rings. The van der Waals surface area contributed by atoms with Gasteiger partial charge in [-0.2, -0.15) is 16.1 Å². The molecule has 21 heavy (non-hydrogen) atoms. The predicted octanol–water partition coefficient (Wildman–Crippen LogP) is 2.57. The molecule has 1 aliphatic rings. The molecule has 1 atom stereocenters. The molecule has 0 bridgehead atoms. The first-order valence-electron chi connectivity index (χ1n) is 6.09. The van der Waals surface area contributed by atoms with Crippen LogP contribution in [-0.2, 0) is 14.8 Å². The number of sulfonamides is 1. The first-order valence-corrected chi connectivity index (χ1v) is 9.44. The van der Waals surface area contributed by atoms with Crippen molar-refractivity contribution in [3.63, 3.8) is 0 Å². The van der Waals surface area contributed by atoms with Crippen LogP contribution in [0.5, 0.6) is 0 Å². The van der Waals surface area contributed by atoms with Gasteiger partial charge in [-0.05, 0) is 18.2 Å². The molecule has 1 aliphatic heterocycles. The largest absolute Gasteiger partial charge is 0.481 e. The number of nitrogens with zero attached hydrogens (tertiary/aromatic N) is 1. The van der Waals surface area contributed by atoms with Crippen LogP contribution in [0.2, 0.25) is 10.0 Å². The van der Waals surface area contributed by atoms with Gasteiger partial charge in [-0.15, -0.1) is 0 Å². The number of benzene rings is 1. The highest BCUT2D eigenvalue weighted by atomic mass is 35.5. The van der Waals surface area contributed by atoms with E-state index in [2.05, 4.69) is 0 Å². The SMILES string of the molecule is O=C(O)CC1CSCCN1S(=O)(=O)c1cc(Cl)ccc1Cl. The van der Waals surface area contributed by atoms with Gasteiger partial charge >= 0.3 is 5.97 Å². The minimum Gasteiger partial charge on any atom is -0.481 e. The second kappa shape index (κ2) is 6.75. The molecule has 0 aromatic heterocycles. The van der Waals surface area contributed by atoms with Gasteiger partial charge < -0.3 is 5.11 Å². The molecule has 0 saturated carbocycles. The molecule has 1 unspecified atom stereocenters. The molecule has 1 heterocycles. The van der Waals surface area contributed by atoms with Crippen LogP contribution in [0.3, 0.4) is 0 Å². The average Bonchev–Trinajstić information content (AvgIpc) is 2.41. The van der Waals surface area contributed by atoms with Crippen LogP contribution in [0.4, 0.5) is 0 Å². The summed E-state index contributed by atoms with van der Waals surface area (Å²) < 4.78 is 26.7. The van der Waals surface area contributed by atoms with Gasteiger partial charge in [0.2, 0.25) is 10.0 Å². The van der Waals surface area contributed by atoms with E-state index in [1.807, 2.05) is 0 Å². The molecule has 0 amide bonds. The first-order chi connectivity index (χ1) is 9.82. The third kappa shape index (κ3) is 3.84. The Morgan fingerprint density at radius 3 is 2.81 bits per heavy atom. The van der Waals surface area contributed by atoms with E-state index in [4.69, 9.17) is 28.3 Å². The van der Waals surface area contributed by atoms with E-state index in [0.717, 1.165) is 0 Å². The van der Waals surface area contributed by atoms with Gasteiger partial charge in [0.05, 0.1) is 11.4 Å². The Kier molecular flexibility index (Phi) is 5.43. The normalized spacial score (nSPS) is 20.4. The summed E-state index contributed by atoms with van der Waals surface area (Å²) in [5.41, 5.74) is 0. The van der Waals surface area contributed by atoms with E-state index < -0.39 is 22.0 Å². The van der Waals surface area contributed by atoms with Gasteiger partial charge in [-0.3, -0.25) is 4.79 Å². The fourth-order valence-electron chi connectivity index (χ4n) is 2.12. The highest BCUT2D eigenvalue weighted by Crippen LogP contribution is 2.31. The lowest BCUT2D eigenvalue weighted by atomic mass is 10.2. The van der Waals surface area contributed by atoms with Crippen molar-refractivity contribution in [1.29, 1.82) is 0 Å². The van der Waals surface area contributed by atoms with Crippen LogP contribution in [-0.4, -0.2) is 47.9 Å². The minimum atomic E-state index is -3.87. The van der Waals surface area contributed by atoms with Crippen molar-refractivity contribution >= 4 is 51.0 Å². The van der Waals surface area contributed by atoms with Crippen molar-refractivity contribution in [2.45, 2.75) is 17.4 Å². The standard InChI is InChI=1S/C12H13Cl2NO4S2/c13-8-1-2-10(14)11(5-8)21(18,19)15-3-4-20-7-9(15)6-12(16)17/h1-2,5,9H,3-4,6-7H2,(H,16,17). The lowest BCUT2D eigenvalue weighted by Gasteiger charge is -2.33. The summed E-state index contributed by atoms with van der Waals surface area (Å²) in [6.07, 6.45) is -0.232. The second-order valence-corrected chi connectivity index (χ2v) is 8.37. The number of halogens is 2. The molecule has 5 nitrogen and oxygen atoms in total. The maximum Gasteiger partial charge on any atom is 0.305 e. The predicted molar refractivity (Wildman–Crippen MR) is 83.7 cm³/mol. The Labute approximate surface area is 137 Å². The number of carbonyl (C=O) groups is 1. The van der Waals surface area contributed by atoms with E-state index in [9.17, 15) is 13.2 Å². The van der Waals surface area contributed by atoms with E-state index in [0.29, 0.717) is 11.5 Å². The Morgan fingerprint density at radius 2 is 2.14 bits per heavy atom. The number of carboxylic acids is 1. The summed E-state index contributed by atoms with van der Waals surface area (Å²) in [5.74, 6) is 0.0388. The number of aliphatic carboxylic acids is 1. The van der Waals surface area contributed by atoms with Gasteiger partial charge in [0.1, 0.15) is 4.90 Å². The molecule has 0 aliphatic carbocycles. The topological polar surface area (TPSA) is 74.7 Å². The number of hydrogen-bond acceptors (Lipinski definition) is 4. The van der Waals surface area contributed by atoms with Gasteiger partial charge in [-0.1, -0.05) is 23.2 Å². The number of hydrogen-bond donors (Lipinski definition) is 1. The summed E-state index contributed by atoms with van der Waals surface area (Å²) in [6, 6.07) is 3.63. The zero-order chi connectivity index (χ0) is 15.6. The summed E-state index contributed by atoms with van der Waals surface area (Å²) in [4.78, 5) is 10.8. The molecular formula is C12H13Cl2NO4S2. The summed E-state index contributed by atoms with van der Waals surface area (Å²) in [6.45, 7) is 0.258. The molecule has 1 saturated heterocycles. The van der Waals surface area contributed by atoms with Gasteiger partial charge in [0, 0.05) is 29.1 Å². The molecule has 1 aromatic rings. The quantitative estimate of drug-likeness (QED) is 0.882. The van der Waals surface area contributed by atoms with Crippen LogP contribution in [0.15, 0.2) is 23.1 Å². The smallest absolute Gasteiger partial charge is 0.305 e. The van der Waals surface area contributed by atoms with Crippen molar-refractivity contribution in [3.05, 3.63) is 28.2 Å². The van der Waals surface area contributed by atoms with Crippen molar-refractivity contribution in [3.8, 4) is 0 Å². The monoisotopic (exact) mass is 369 g/mol. The average molecular weight is 370 g/mol. The van der Waals surface area contributed by atoms with Crippen LogP contribution < -0.4 is 0 Å². The number of carboxylic acid groups (broad SMARTS) is 1. The maximum absolute atomic E-state index is 12.7. The lowest BCUT2D eigenvalue weighted by Crippen LogP contribution is -2.47. The number of rotatable bonds is 4. The highest BCUT2D eigenvalue weighted by Gasteiger charge is 2.36. The Bertz CT molecular complexity index is 651. The number of thioether (sulfide) groups is 1. The molecule has 1 aromatic carbocycles. The van der Waals surface area contributed by atoms with Crippen LogP contribution in [0, 0.1) is 0 Å². The van der Waals surface area contributed by atoms with Gasteiger partial charge in [0.15, 0.2) is 0 Å². The van der Waals surface area contributed by atoms with Crippen molar-refractivity contribution in [2.75, 3.05) is 18.1 Å². The highest BCUT2D eigenvalue weighted by molar-refractivity contribution is 7.99. The Morgan fingerprint density at radius 1 is 1.43 bits per heavy atom. The second-order valence-electron chi connectivity index (χ2n) is 4.52. The molecule has 0 spiro atoms.